The van der Waals surface area contributed by atoms with Crippen LogP contribution in [-0.4, -0.2) is 23.8 Å². The van der Waals surface area contributed by atoms with E-state index < -0.39 is 12.2 Å². The quantitative estimate of drug-likeness (QED) is 0.247. The van der Waals surface area contributed by atoms with E-state index in [1.54, 1.807) is 0 Å². The molecule has 9 heavy (non-hydrogen) atoms. The van der Waals surface area contributed by atoms with Gasteiger partial charge in [0.2, 0.25) is 0 Å². The van der Waals surface area contributed by atoms with Gasteiger partial charge in [-0.15, -0.1) is 0 Å². The Kier molecular flexibility index (Phi) is 0.615. The lowest BCUT2D eigenvalue weighted by Crippen LogP contribution is -2.07. The molecular formula is C6H4O3. The summed E-state index contributed by atoms with van der Waals surface area (Å²) in [5.41, 5.74) is 0.108. The van der Waals surface area contributed by atoms with Gasteiger partial charge in [-0.3, -0.25) is 9.59 Å². The third-order valence-corrected chi connectivity index (χ3v) is 1.60. The van der Waals surface area contributed by atoms with Crippen molar-refractivity contribution in [2.75, 3.05) is 0 Å². The van der Waals surface area contributed by atoms with Crippen LogP contribution in [0.3, 0.4) is 0 Å². The van der Waals surface area contributed by atoms with Crippen LogP contribution >= 0.6 is 0 Å². The van der Waals surface area contributed by atoms with E-state index in [1.165, 1.54) is 0 Å². The van der Waals surface area contributed by atoms with Gasteiger partial charge in [0.05, 0.1) is 5.57 Å². The summed E-state index contributed by atoms with van der Waals surface area (Å²) in [7, 11) is 0. The van der Waals surface area contributed by atoms with Crippen LogP contribution in [0.5, 0.6) is 0 Å². The zero-order valence-electron chi connectivity index (χ0n) is 4.59. The highest BCUT2D eigenvalue weighted by atomic mass is 16.6. The second-order valence-corrected chi connectivity index (χ2v) is 2.18. The largest absolute Gasteiger partial charge is 0.352 e. The second kappa shape index (κ2) is 1.14. The normalized spacial score (nSPS) is 39.3. The Hall–Kier alpha value is -0.960. The SMILES string of the molecule is C=C1C(=O)C2OC2C1=O. The molecule has 0 amide bonds. The molecule has 0 spiro atoms. The lowest BCUT2D eigenvalue weighted by atomic mass is 10.2. The number of carbonyl (C=O) groups is 2. The first-order chi connectivity index (χ1) is 4.22. The molecule has 2 atom stereocenters. The minimum absolute atomic E-state index is 0.108. The Morgan fingerprint density at radius 2 is 1.67 bits per heavy atom. The average molecular weight is 124 g/mol. The van der Waals surface area contributed by atoms with Crippen LogP contribution in [0.25, 0.3) is 0 Å². The molecule has 2 fully saturated rings. The number of epoxide rings is 1. The Labute approximate surface area is 51.3 Å². The van der Waals surface area contributed by atoms with E-state index in [2.05, 4.69) is 11.3 Å². The molecule has 0 N–H and O–H groups in total. The van der Waals surface area contributed by atoms with Gasteiger partial charge in [0.15, 0.2) is 23.8 Å². The molecule has 2 aliphatic rings. The fourth-order valence-electron chi connectivity index (χ4n) is 0.976. The third kappa shape index (κ3) is 0.404. The van der Waals surface area contributed by atoms with Gasteiger partial charge in [-0.2, -0.15) is 0 Å². The van der Waals surface area contributed by atoms with Gasteiger partial charge in [-0.25, -0.2) is 0 Å². The van der Waals surface area contributed by atoms with Crippen LogP contribution in [0.4, 0.5) is 0 Å². The molecule has 3 nitrogen and oxygen atoms in total. The van der Waals surface area contributed by atoms with Gasteiger partial charge in [-0.1, -0.05) is 6.58 Å². The van der Waals surface area contributed by atoms with Crippen molar-refractivity contribution in [1.29, 1.82) is 0 Å². The second-order valence-electron chi connectivity index (χ2n) is 2.18. The van der Waals surface area contributed by atoms with E-state index in [0.29, 0.717) is 0 Å². The summed E-state index contributed by atoms with van der Waals surface area (Å²) >= 11 is 0. The van der Waals surface area contributed by atoms with Crippen molar-refractivity contribution in [2.45, 2.75) is 12.2 Å². The molecule has 1 saturated carbocycles. The zero-order valence-corrected chi connectivity index (χ0v) is 4.59. The summed E-state index contributed by atoms with van der Waals surface area (Å²) in [5, 5.41) is 0. The van der Waals surface area contributed by atoms with E-state index in [-0.39, 0.29) is 17.1 Å². The minimum Gasteiger partial charge on any atom is -0.352 e. The van der Waals surface area contributed by atoms with E-state index in [0.717, 1.165) is 0 Å². The van der Waals surface area contributed by atoms with Crippen molar-refractivity contribution in [2.24, 2.45) is 0 Å². The van der Waals surface area contributed by atoms with Crippen molar-refractivity contribution in [1.82, 2.24) is 0 Å². The molecule has 0 aromatic carbocycles. The van der Waals surface area contributed by atoms with E-state index in [1.807, 2.05) is 0 Å². The van der Waals surface area contributed by atoms with Crippen LogP contribution in [0.2, 0.25) is 0 Å². The fourth-order valence-corrected chi connectivity index (χ4v) is 0.976. The number of Topliss-reactive ketones (excluding diaryl/α,β-unsaturated/α-hetero) is 2. The molecule has 0 bridgehead atoms. The van der Waals surface area contributed by atoms with Crippen LogP contribution in [0.1, 0.15) is 0 Å². The number of carbonyl (C=O) groups excluding carboxylic acids is 2. The number of ketones is 2. The first-order valence-corrected chi connectivity index (χ1v) is 2.64. The number of ether oxygens (including phenoxy) is 1. The Bertz CT molecular complexity index is 206. The van der Waals surface area contributed by atoms with E-state index >= 15 is 0 Å². The summed E-state index contributed by atoms with van der Waals surface area (Å²) in [5.74, 6) is -0.463. The molecular weight excluding hydrogens is 120 g/mol. The lowest BCUT2D eigenvalue weighted by molar-refractivity contribution is -0.121. The predicted octanol–water partition coefficient (Wildman–Crippen LogP) is -0.538. The third-order valence-electron chi connectivity index (χ3n) is 1.60. The maximum absolute atomic E-state index is 10.7. The van der Waals surface area contributed by atoms with Crippen LogP contribution in [-0.2, 0) is 14.3 Å². The highest BCUT2D eigenvalue weighted by Gasteiger charge is 2.58. The number of hydrogen-bond acceptors (Lipinski definition) is 3. The number of rotatable bonds is 0. The fraction of sp³-hybridized carbons (Fsp3) is 0.333. The molecule has 1 heterocycles. The van der Waals surface area contributed by atoms with Gasteiger partial charge in [0.25, 0.3) is 0 Å². The summed E-state index contributed by atoms with van der Waals surface area (Å²) in [6.07, 6.45) is -0.907. The highest BCUT2D eigenvalue weighted by molar-refractivity contribution is 6.31. The van der Waals surface area contributed by atoms with Crippen LogP contribution < -0.4 is 0 Å². The van der Waals surface area contributed by atoms with Crippen LogP contribution in [0, 0.1) is 0 Å². The summed E-state index contributed by atoms with van der Waals surface area (Å²) in [6.45, 7) is 3.32. The summed E-state index contributed by atoms with van der Waals surface area (Å²) in [4.78, 5) is 21.4. The molecule has 0 radical (unpaired) electrons. The molecule has 3 heteroatoms. The van der Waals surface area contributed by atoms with Crippen molar-refractivity contribution < 1.29 is 14.3 Å². The standard InChI is InChI=1S/C6H4O3/c1-2-3(7)5-6(9-5)4(2)8/h5-6H,1H2. The molecule has 2 unspecified atom stereocenters. The first kappa shape index (κ1) is 4.88. The highest BCUT2D eigenvalue weighted by Crippen LogP contribution is 2.34. The summed E-state index contributed by atoms with van der Waals surface area (Å²) < 4.78 is 4.69. The molecule has 2 rings (SSSR count). The molecule has 0 aromatic rings. The van der Waals surface area contributed by atoms with Crippen molar-refractivity contribution >= 4 is 11.6 Å². The van der Waals surface area contributed by atoms with Gasteiger partial charge in [0.1, 0.15) is 0 Å². The van der Waals surface area contributed by atoms with Crippen molar-refractivity contribution in [3.05, 3.63) is 12.2 Å². The first-order valence-electron chi connectivity index (χ1n) is 2.64. The van der Waals surface area contributed by atoms with Gasteiger partial charge >= 0.3 is 0 Å². The maximum Gasteiger partial charge on any atom is 0.197 e. The number of fused-ring (bicyclic) bond motifs is 1. The molecule has 1 aliphatic heterocycles. The predicted molar refractivity (Wildman–Crippen MR) is 27.8 cm³/mol. The zero-order chi connectivity index (χ0) is 6.59. The Morgan fingerprint density at radius 1 is 1.22 bits per heavy atom. The van der Waals surface area contributed by atoms with Gasteiger partial charge < -0.3 is 4.74 Å². The molecule has 1 aliphatic carbocycles. The van der Waals surface area contributed by atoms with Crippen molar-refractivity contribution in [3.8, 4) is 0 Å². The van der Waals surface area contributed by atoms with Crippen molar-refractivity contribution in [3.63, 3.8) is 0 Å². The minimum atomic E-state index is -0.454. The van der Waals surface area contributed by atoms with Gasteiger partial charge in [-0.05, 0) is 0 Å². The maximum atomic E-state index is 10.7. The Morgan fingerprint density at radius 3 is 1.89 bits per heavy atom. The lowest BCUT2D eigenvalue weighted by Gasteiger charge is -1.89. The summed E-state index contributed by atoms with van der Waals surface area (Å²) in [6, 6.07) is 0. The Balaban J connectivity index is 2.43. The van der Waals surface area contributed by atoms with Crippen LogP contribution in [0.15, 0.2) is 12.2 Å². The number of hydrogen-bond donors (Lipinski definition) is 0. The smallest absolute Gasteiger partial charge is 0.197 e. The van der Waals surface area contributed by atoms with Gasteiger partial charge in [0, 0.05) is 0 Å². The monoisotopic (exact) mass is 124 g/mol. The molecule has 1 saturated heterocycles. The van der Waals surface area contributed by atoms with E-state index in [4.69, 9.17) is 0 Å². The average Bonchev–Trinajstić information content (AvgIpc) is 2.56. The molecule has 0 aromatic heterocycles. The topological polar surface area (TPSA) is 46.7 Å². The molecule has 46 valence electrons. The van der Waals surface area contributed by atoms with E-state index in [9.17, 15) is 9.59 Å².